The van der Waals surface area contributed by atoms with Gasteiger partial charge < -0.3 is 14.8 Å². The molecule has 0 radical (unpaired) electrons. The quantitative estimate of drug-likeness (QED) is 0.425. The van der Waals surface area contributed by atoms with Gasteiger partial charge >= 0.3 is 0 Å². The first-order valence-electron chi connectivity index (χ1n) is 10.7. The summed E-state index contributed by atoms with van der Waals surface area (Å²) in [6.07, 6.45) is 3.71. The van der Waals surface area contributed by atoms with Crippen molar-refractivity contribution in [3.8, 4) is 11.5 Å². The average molecular weight is 481 g/mol. The van der Waals surface area contributed by atoms with Gasteiger partial charge in [-0.15, -0.1) is 0 Å². The Balaban J connectivity index is 1.54. The van der Waals surface area contributed by atoms with Gasteiger partial charge in [0.2, 0.25) is 5.91 Å². The predicted molar refractivity (Wildman–Crippen MR) is 134 cm³/mol. The van der Waals surface area contributed by atoms with Crippen LogP contribution in [0.1, 0.15) is 16.7 Å². The number of benzene rings is 3. The first kappa shape index (κ1) is 24.9. The lowest BCUT2D eigenvalue weighted by Crippen LogP contribution is -2.23. The number of carbonyl (C=O) groups excluding carboxylic acids is 1. The minimum Gasteiger partial charge on any atom is -0.497 e. The Morgan fingerprint density at radius 3 is 2.29 bits per heavy atom. The van der Waals surface area contributed by atoms with Crippen molar-refractivity contribution in [1.29, 1.82) is 0 Å². The number of carbonyl (C=O) groups is 1. The second kappa shape index (κ2) is 11.4. The van der Waals surface area contributed by atoms with Crippen molar-refractivity contribution < 1.29 is 22.7 Å². The number of nitrogens with one attached hydrogen (secondary N) is 2. The first-order chi connectivity index (χ1) is 16.3. The summed E-state index contributed by atoms with van der Waals surface area (Å²) in [6, 6.07) is 18.8. The normalized spacial score (nSPS) is 11.3. The summed E-state index contributed by atoms with van der Waals surface area (Å²) in [7, 11) is -0.563. The molecule has 0 saturated carbocycles. The highest BCUT2D eigenvalue weighted by Gasteiger charge is 2.14. The smallest absolute Gasteiger partial charge is 0.261 e. The zero-order valence-electron chi connectivity index (χ0n) is 19.4. The molecule has 0 bridgehead atoms. The van der Waals surface area contributed by atoms with Gasteiger partial charge in [0.25, 0.3) is 10.0 Å². The molecule has 2 N–H and O–H groups in total. The van der Waals surface area contributed by atoms with Crippen molar-refractivity contribution in [3.05, 3.63) is 89.5 Å². The van der Waals surface area contributed by atoms with E-state index in [4.69, 9.17) is 9.47 Å². The summed E-state index contributed by atoms with van der Waals surface area (Å²) in [5.74, 6) is 1.20. The summed E-state index contributed by atoms with van der Waals surface area (Å²) in [6.45, 7) is 2.48. The maximum Gasteiger partial charge on any atom is 0.261 e. The molecular formula is C26H28N2O5S. The van der Waals surface area contributed by atoms with E-state index in [2.05, 4.69) is 10.0 Å². The Morgan fingerprint density at radius 1 is 0.941 bits per heavy atom. The molecule has 0 heterocycles. The molecule has 3 rings (SSSR count). The van der Waals surface area contributed by atoms with Crippen LogP contribution in [-0.4, -0.2) is 35.1 Å². The number of ether oxygens (including phenoxy) is 2. The topological polar surface area (TPSA) is 93.7 Å². The molecule has 0 aromatic heterocycles. The molecule has 3 aromatic rings. The van der Waals surface area contributed by atoms with Crippen LogP contribution in [0.25, 0.3) is 6.08 Å². The summed E-state index contributed by atoms with van der Waals surface area (Å²) in [4.78, 5) is 12.3. The fraction of sp³-hybridized carbons (Fsp3) is 0.192. The van der Waals surface area contributed by atoms with Gasteiger partial charge in [0.15, 0.2) is 0 Å². The van der Waals surface area contributed by atoms with Crippen molar-refractivity contribution >= 4 is 27.7 Å². The minimum atomic E-state index is -3.73. The Morgan fingerprint density at radius 2 is 1.65 bits per heavy atom. The van der Waals surface area contributed by atoms with Crippen LogP contribution >= 0.6 is 0 Å². The van der Waals surface area contributed by atoms with Crippen LogP contribution in [0.5, 0.6) is 11.5 Å². The van der Waals surface area contributed by atoms with Crippen molar-refractivity contribution in [2.24, 2.45) is 0 Å². The molecule has 0 unspecified atom stereocenters. The molecule has 0 aliphatic rings. The molecule has 0 aliphatic carbocycles. The lowest BCUT2D eigenvalue weighted by molar-refractivity contribution is -0.116. The predicted octanol–water partition coefficient (Wildman–Crippen LogP) is 4.19. The van der Waals surface area contributed by atoms with Crippen LogP contribution in [-0.2, 0) is 21.2 Å². The number of aryl methyl sites for hydroxylation is 1. The molecule has 178 valence electrons. The molecular weight excluding hydrogens is 452 g/mol. The number of sulfonamides is 1. The maximum atomic E-state index is 12.6. The zero-order valence-corrected chi connectivity index (χ0v) is 20.2. The molecule has 0 aliphatic heterocycles. The molecule has 0 spiro atoms. The summed E-state index contributed by atoms with van der Waals surface area (Å²) in [5, 5.41) is 2.85. The molecule has 7 nitrogen and oxygen atoms in total. The van der Waals surface area contributed by atoms with E-state index in [1.165, 1.54) is 18.2 Å². The molecule has 8 heteroatoms. The average Bonchev–Trinajstić information content (AvgIpc) is 2.83. The van der Waals surface area contributed by atoms with E-state index in [0.29, 0.717) is 30.0 Å². The maximum absolute atomic E-state index is 12.6. The SMILES string of the molecule is COc1ccc(NS(=O)(=O)c2ccc(/C=C/C(=O)NCCc3cc(C)ccc3OC)cc2)cc1. The largest absolute Gasteiger partial charge is 0.497 e. The molecule has 0 fully saturated rings. The van der Waals surface area contributed by atoms with Gasteiger partial charge in [0, 0.05) is 18.3 Å². The van der Waals surface area contributed by atoms with E-state index in [-0.39, 0.29) is 10.8 Å². The van der Waals surface area contributed by atoms with Crippen LogP contribution in [0, 0.1) is 6.92 Å². The zero-order chi connectivity index (χ0) is 24.6. The van der Waals surface area contributed by atoms with Gasteiger partial charge in [-0.05, 0) is 73.0 Å². The summed E-state index contributed by atoms with van der Waals surface area (Å²) in [5.41, 5.74) is 3.31. The number of hydrogen-bond acceptors (Lipinski definition) is 5. The number of hydrogen-bond donors (Lipinski definition) is 2. The van der Waals surface area contributed by atoms with Gasteiger partial charge in [-0.3, -0.25) is 9.52 Å². The summed E-state index contributed by atoms with van der Waals surface area (Å²) >= 11 is 0. The van der Waals surface area contributed by atoms with Gasteiger partial charge in [0.1, 0.15) is 11.5 Å². The van der Waals surface area contributed by atoms with Gasteiger partial charge in [-0.1, -0.05) is 29.8 Å². The van der Waals surface area contributed by atoms with Gasteiger partial charge in [-0.25, -0.2) is 8.42 Å². The third kappa shape index (κ3) is 6.86. The van der Waals surface area contributed by atoms with E-state index in [0.717, 1.165) is 16.9 Å². The van der Waals surface area contributed by atoms with Crippen LogP contribution < -0.4 is 19.5 Å². The van der Waals surface area contributed by atoms with Crippen LogP contribution in [0.4, 0.5) is 5.69 Å². The van der Waals surface area contributed by atoms with Crippen molar-refractivity contribution in [2.75, 3.05) is 25.5 Å². The monoisotopic (exact) mass is 480 g/mol. The Labute approximate surface area is 200 Å². The second-order valence-electron chi connectivity index (χ2n) is 7.59. The van der Waals surface area contributed by atoms with Gasteiger partial charge in [-0.2, -0.15) is 0 Å². The van der Waals surface area contributed by atoms with Crippen LogP contribution in [0.15, 0.2) is 77.7 Å². The first-order valence-corrected chi connectivity index (χ1v) is 12.2. The lowest BCUT2D eigenvalue weighted by Gasteiger charge is -2.10. The molecule has 1 amide bonds. The van der Waals surface area contributed by atoms with Crippen molar-refractivity contribution in [3.63, 3.8) is 0 Å². The number of methoxy groups -OCH3 is 2. The van der Waals surface area contributed by atoms with Crippen molar-refractivity contribution in [1.82, 2.24) is 5.32 Å². The third-order valence-corrected chi connectivity index (χ3v) is 6.49. The second-order valence-corrected chi connectivity index (χ2v) is 9.28. The standard InChI is InChI=1S/C26H28N2O5S/c1-19-4-14-25(33-3)21(18-19)16-17-27-26(29)15-7-20-5-12-24(13-6-20)34(30,31)28-22-8-10-23(32-2)11-9-22/h4-15,18,28H,16-17H2,1-3H3,(H,27,29)/b15-7+. The molecule has 34 heavy (non-hydrogen) atoms. The van der Waals surface area contributed by atoms with Crippen LogP contribution in [0.2, 0.25) is 0 Å². The van der Waals surface area contributed by atoms with E-state index < -0.39 is 10.0 Å². The number of rotatable bonds is 10. The molecule has 0 atom stereocenters. The number of anilines is 1. The fourth-order valence-electron chi connectivity index (χ4n) is 3.29. The molecule has 0 saturated heterocycles. The highest BCUT2D eigenvalue weighted by Crippen LogP contribution is 2.21. The van der Waals surface area contributed by atoms with E-state index in [1.54, 1.807) is 56.7 Å². The van der Waals surface area contributed by atoms with E-state index >= 15 is 0 Å². The Hall–Kier alpha value is -3.78. The van der Waals surface area contributed by atoms with Crippen LogP contribution in [0.3, 0.4) is 0 Å². The Kier molecular flexibility index (Phi) is 8.32. The minimum absolute atomic E-state index is 0.122. The van der Waals surface area contributed by atoms with Gasteiger partial charge in [0.05, 0.1) is 19.1 Å². The highest BCUT2D eigenvalue weighted by atomic mass is 32.2. The highest BCUT2D eigenvalue weighted by molar-refractivity contribution is 7.92. The van der Waals surface area contributed by atoms with Crippen molar-refractivity contribution in [2.45, 2.75) is 18.2 Å². The van der Waals surface area contributed by atoms with E-state index in [9.17, 15) is 13.2 Å². The fourth-order valence-corrected chi connectivity index (χ4v) is 4.34. The third-order valence-electron chi connectivity index (χ3n) is 5.09. The summed E-state index contributed by atoms with van der Waals surface area (Å²) < 4.78 is 38.2. The Bertz CT molecular complexity index is 1250. The molecule has 3 aromatic carbocycles. The lowest BCUT2D eigenvalue weighted by atomic mass is 10.1. The number of amides is 1. The van der Waals surface area contributed by atoms with E-state index in [1.807, 2.05) is 25.1 Å².